The Bertz CT molecular complexity index is 717. The van der Waals surface area contributed by atoms with E-state index in [9.17, 15) is 10.1 Å². The summed E-state index contributed by atoms with van der Waals surface area (Å²) < 4.78 is 10.7. The summed E-state index contributed by atoms with van der Waals surface area (Å²) in [6, 6.07) is 9.16. The van der Waals surface area contributed by atoms with Crippen LogP contribution in [0.4, 0.5) is 11.4 Å². The van der Waals surface area contributed by atoms with Crippen molar-refractivity contribution >= 4 is 28.6 Å². The molecule has 1 aliphatic rings. The molecule has 1 amide bonds. The van der Waals surface area contributed by atoms with Gasteiger partial charge in [0, 0.05) is 12.3 Å². The van der Waals surface area contributed by atoms with E-state index in [2.05, 4.69) is 6.07 Å². The van der Waals surface area contributed by atoms with Gasteiger partial charge in [0.05, 0.1) is 23.5 Å². The number of ether oxygens (including phenoxy) is 2. The van der Waals surface area contributed by atoms with Crippen LogP contribution >= 0.6 is 11.3 Å². The van der Waals surface area contributed by atoms with E-state index in [0.29, 0.717) is 30.2 Å². The highest BCUT2D eigenvalue weighted by Gasteiger charge is 2.24. The van der Waals surface area contributed by atoms with Gasteiger partial charge in [-0.25, -0.2) is 0 Å². The highest BCUT2D eigenvalue weighted by Crippen LogP contribution is 2.31. The number of nitriles is 1. The molecule has 1 unspecified atom stereocenters. The van der Waals surface area contributed by atoms with Gasteiger partial charge in [-0.05, 0) is 29.6 Å². The number of benzene rings is 1. The summed E-state index contributed by atoms with van der Waals surface area (Å²) in [7, 11) is 0. The smallest absolute Gasteiger partial charge is 0.228 e. The number of hydrogen-bond acceptors (Lipinski definition) is 5. The van der Waals surface area contributed by atoms with Crippen molar-refractivity contribution in [3.8, 4) is 11.8 Å². The number of anilines is 2. The molecular formula is C16H14N2O3S. The lowest BCUT2D eigenvalue weighted by atomic mass is 10.1. The van der Waals surface area contributed by atoms with Crippen LogP contribution in [-0.2, 0) is 9.53 Å². The third kappa shape index (κ3) is 3.11. The van der Waals surface area contributed by atoms with Crippen molar-refractivity contribution in [3.05, 3.63) is 40.6 Å². The van der Waals surface area contributed by atoms with E-state index in [4.69, 9.17) is 9.47 Å². The maximum absolute atomic E-state index is 12.0. The van der Waals surface area contributed by atoms with Crippen molar-refractivity contribution in [3.63, 3.8) is 0 Å². The fraction of sp³-hybridized carbons (Fsp3) is 0.250. The zero-order chi connectivity index (χ0) is 15.5. The molecule has 1 atom stereocenters. The lowest BCUT2D eigenvalue weighted by molar-refractivity contribution is -0.115. The SMILES string of the molecule is CC(=O)N(c1ccsc1)c1ccc(OCC2CO2)c(C#N)c1. The van der Waals surface area contributed by atoms with Crippen molar-refractivity contribution in [2.24, 2.45) is 0 Å². The molecule has 22 heavy (non-hydrogen) atoms. The molecule has 0 N–H and O–H groups in total. The Morgan fingerprint density at radius 1 is 1.50 bits per heavy atom. The summed E-state index contributed by atoms with van der Waals surface area (Å²) in [5.74, 6) is 0.401. The standard InChI is InChI=1S/C16H14N2O3S/c1-11(19)18(14-4-5-22-10-14)13-2-3-16(12(6-13)7-17)21-9-15-8-20-15/h2-6,10,15H,8-9H2,1H3. The van der Waals surface area contributed by atoms with Crippen LogP contribution in [0.5, 0.6) is 5.75 Å². The van der Waals surface area contributed by atoms with E-state index in [1.807, 2.05) is 16.8 Å². The molecule has 1 fully saturated rings. The minimum atomic E-state index is -0.109. The average molecular weight is 314 g/mol. The fourth-order valence-corrected chi connectivity index (χ4v) is 2.73. The van der Waals surface area contributed by atoms with Crippen LogP contribution in [0.2, 0.25) is 0 Å². The molecule has 3 rings (SSSR count). The van der Waals surface area contributed by atoms with Crippen molar-refractivity contribution in [2.75, 3.05) is 18.1 Å². The Morgan fingerprint density at radius 3 is 2.91 bits per heavy atom. The summed E-state index contributed by atoms with van der Waals surface area (Å²) in [6.45, 7) is 2.64. The third-order valence-corrected chi connectivity index (χ3v) is 3.92. The monoisotopic (exact) mass is 314 g/mol. The number of carbonyl (C=O) groups is 1. The molecule has 0 bridgehead atoms. The molecule has 2 heterocycles. The molecular weight excluding hydrogens is 300 g/mol. The van der Waals surface area contributed by atoms with Gasteiger partial charge in [-0.3, -0.25) is 9.69 Å². The highest BCUT2D eigenvalue weighted by molar-refractivity contribution is 7.08. The topological polar surface area (TPSA) is 65.9 Å². The van der Waals surface area contributed by atoms with E-state index >= 15 is 0 Å². The molecule has 0 radical (unpaired) electrons. The summed E-state index contributed by atoms with van der Waals surface area (Å²) in [4.78, 5) is 13.5. The Hall–Kier alpha value is -2.36. The predicted molar refractivity (Wildman–Crippen MR) is 83.5 cm³/mol. The number of nitrogens with zero attached hydrogens (tertiary/aromatic N) is 2. The van der Waals surface area contributed by atoms with Crippen LogP contribution in [0, 0.1) is 11.3 Å². The van der Waals surface area contributed by atoms with Gasteiger partial charge in [-0.15, -0.1) is 0 Å². The van der Waals surface area contributed by atoms with E-state index < -0.39 is 0 Å². The number of hydrogen-bond donors (Lipinski definition) is 0. The van der Waals surface area contributed by atoms with Gasteiger partial charge < -0.3 is 9.47 Å². The number of thiophene rings is 1. The van der Waals surface area contributed by atoms with Gasteiger partial charge in [0.15, 0.2) is 0 Å². The molecule has 0 saturated carbocycles. The second-order valence-electron chi connectivity index (χ2n) is 4.89. The number of amides is 1. The lowest BCUT2D eigenvalue weighted by Crippen LogP contribution is -2.22. The molecule has 2 aromatic rings. The third-order valence-electron chi connectivity index (χ3n) is 3.25. The van der Waals surface area contributed by atoms with E-state index in [-0.39, 0.29) is 12.0 Å². The zero-order valence-corrected chi connectivity index (χ0v) is 12.8. The maximum atomic E-state index is 12.0. The van der Waals surface area contributed by atoms with Gasteiger partial charge in [0.2, 0.25) is 5.91 Å². The van der Waals surface area contributed by atoms with E-state index in [0.717, 1.165) is 5.69 Å². The Kier molecular flexibility index (Phi) is 4.09. The number of rotatable bonds is 5. The molecule has 0 spiro atoms. The van der Waals surface area contributed by atoms with E-state index in [1.54, 1.807) is 23.1 Å². The number of epoxide rings is 1. The van der Waals surface area contributed by atoms with Crippen LogP contribution in [0.1, 0.15) is 12.5 Å². The van der Waals surface area contributed by atoms with Gasteiger partial charge in [0.1, 0.15) is 24.5 Å². The van der Waals surface area contributed by atoms with E-state index in [1.165, 1.54) is 18.3 Å². The normalized spacial score (nSPS) is 15.9. The first-order valence-electron chi connectivity index (χ1n) is 6.80. The first-order chi connectivity index (χ1) is 10.7. The van der Waals surface area contributed by atoms with Gasteiger partial charge >= 0.3 is 0 Å². The van der Waals surface area contributed by atoms with Crippen LogP contribution in [0.3, 0.4) is 0 Å². The minimum absolute atomic E-state index is 0.109. The highest BCUT2D eigenvalue weighted by atomic mass is 32.1. The van der Waals surface area contributed by atoms with Crippen molar-refractivity contribution in [1.82, 2.24) is 0 Å². The molecule has 112 valence electrons. The molecule has 0 aliphatic carbocycles. The van der Waals surface area contributed by atoms with Crippen LogP contribution in [0.15, 0.2) is 35.0 Å². The molecule has 1 aromatic carbocycles. The average Bonchev–Trinajstić information content (AvgIpc) is 3.20. The summed E-state index contributed by atoms with van der Waals surface area (Å²) in [5, 5.41) is 13.1. The Labute approximate surface area is 132 Å². The Morgan fingerprint density at radius 2 is 2.32 bits per heavy atom. The molecule has 1 saturated heterocycles. The lowest BCUT2D eigenvalue weighted by Gasteiger charge is -2.20. The molecule has 5 nitrogen and oxygen atoms in total. The number of carbonyl (C=O) groups excluding carboxylic acids is 1. The first kappa shape index (κ1) is 14.6. The van der Waals surface area contributed by atoms with Gasteiger partial charge in [-0.1, -0.05) is 0 Å². The second-order valence-corrected chi connectivity index (χ2v) is 5.67. The van der Waals surface area contributed by atoms with Crippen LogP contribution < -0.4 is 9.64 Å². The fourth-order valence-electron chi connectivity index (χ4n) is 2.11. The minimum Gasteiger partial charge on any atom is -0.489 e. The summed E-state index contributed by atoms with van der Waals surface area (Å²) in [6.07, 6.45) is 0.130. The molecule has 1 aromatic heterocycles. The first-order valence-corrected chi connectivity index (χ1v) is 7.75. The summed E-state index contributed by atoms with van der Waals surface area (Å²) >= 11 is 1.51. The van der Waals surface area contributed by atoms with Crippen LogP contribution in [0.25, 0.3) is 0 Å². The predicted octanol–water partition coefficient (Wildman–Crippen LogP) is 3.08. The summed E-state index contributed by atoms with van der Waals surface area (Å²) in [5.41, 5.74) is 1.85. The largest absolute Gasteiger partial charge is 0.489 e. The molecule has 6 heteroatoms. The zero-order valence-electron chi connectivity index (χ0n) is 12.0. The van der Waals surface area contributed by atoms with Gasteiger partial charge in [-0.2, -0.15) is 16.6 Å². The maximum Gasteiger partial charge on any atom is 0.228 e. The van der Waals surface area contributed by atoms with Crippen LogP contribution in [-0.4, -0.2) is 25.2 Å². The second kappa shape index (κ2) is 6.18. The van der Waals surface area contributed by atoms with Crippen molar-refractivity contribution in [2.45, 2.75) is 13.0 Å². The molecule has 1 aliphatic heterocycles. The quantitative estimate of drug-likeness (QED) is 0.796. The van der Waals surface area contributed by atoms with Crippen molar-refractivity contribution < 1.29 is 14.3 Å². The van der Waals surface area contributed by atoms with Gasteiger partial charge in [0.25, 0.3) is 0 Å². The Balaban J connectivity index is 1.89. The van der Waals surface area contributed by atoms with Crippen molar-refractivity contribution in [1.29, 1.82) is 5.26 Å².